The Labute approximate surface area is 128 Å². The number of hydrogen-bond donors (Lipinski definition) is 2. The van der Waals surface area contributed by atoms with Crippen LogP contribution in [0.4, 0.5) is 5.82 Å². The normalized spacial score (nSPS) is 14.9. The van der Waals surface area contributed by atoms with Crippen molar-refractivity contribution in [2.24, 2.45) is 0 Å². The molecule has 0 bridgehead atoms. The van der Waals surface area contributed by atoms with Crippen molar-refractivity contribution in [1.29, 1.82) is 0 Å². The third kappa shape index (κ3) is 1.96. The SMILES string of the molecule is O=C1CCCN1c1[nH]c2ccccc2c1-c1ccc(O)cc1. The highest BCUT2D eigenvalue weighted by Gasteiger charge is 2.27. The van der Waals surface area contributed by atoms with E-state index in [2.05, 4.69) is 11.1 Å². The Kier molecular flexibility index (Phi) is 2.89. The Hall–Kier alpha value is -2.75. The number of fused-ring (bicyclic) bond motifs is 1. The average molecular weight is 292 g/mol. The van der Waals surface area contributed by atoms with Crippen molar-refractivity contribution < 1.29 is 9.90 Å². The first-order valence-electron chi connectivity index (χ1n) is 7.44. The lowest BCUT2D eigenvalue weighted by atomic mass is 10.0. The number of anilines is 1. The minimum Gasteiger partial charge on any atom is -0.508 e. The van der Waals surface area contributed by atoms with Gasteiger partial charge in [-0.2, -0.15) is 0 Å². The van der Waals surface area contributed by atoms with Crippen molar-refractivity contribution in [3.63, 3.8) is 0 Å². The number of benzene rings is 2. The van der Waals surface area contributed by atoms with E-state index in [0.717, 1.165) is 40.8 Å². The molecule has 110 valence electrons. The Morgan fingerprint density at radius 1 is 1.05 bits per heavy atom. The fourth-order valence-electron chi connectivity index (χ4n) is 3.14. The summed E-state index contributed by atoms with van der Waals surface area (Å²) in [6.45, 7) is 0.747. The van der Waals surface area contributed by atoms with Gasteiger partial charge in [-0.05, 0) is 30.2 Å². The highest BCUT2D eigenvalue weighted by molar-refractivity contribution is 6.08. The molecule has 0 unspecified atom stereocenters. The van der Waals surface area contributed by atoms with Gasteiger partial charge in [0.15, 0.2) is 0 Å². The highest BCUT2D eigenvalue weighted by atomic mass is 16.3. The summed E-state index contributed by atoms with van der Waals surface area (Å²) in [5.41, 5.74) is 3.02. The van der Waals surface area contributed by atoms with Gasteiger partial charge < -0.3 is 10.1 Å². The van der Waals surface area contributed by atoms with Gasteiger partial charge in [-0.3, -0.25) is 9.69 Å². The van der Waals surface area contributed by atoms with Crippen LogP contribution in [0.15, 0.2) is 48.5 Å². The molecule has 0 radical (unpaired) electrons. The number of hydrogen-bond acceptors (Lipinski definition) is 2. The van der Waals surface area contributed by atoms with Crippen LogP contribution < -0.4 is 4.90 Å². The maximum absolute atomic E-state index is 12.2. The summed E-state index contributed by atoms with van der Waals surface area (Å²) >= 11 is 0. The molecular weight excluding hydrogens is 276 g/mol. The molecule has 1 aliphatic heterocycles. The van der Waals surface area contributed by atoms with E-state index in [9.17, 15) is 9.90 Å². The molecule has 1 aromatic heterocycles. The molecular formula is C18H16N2O2. The van der Waals surface area contributed by atoms with Crippen LogP contribution in [0.5, 0.6) is 5.75 Å². The summed E-state index contributed by atoms with van der Waals surface area (Å²) in [6, 6.07) is 15.2. The van der Waals surface area contributed by atoms with Gasteiger partial charge in [-0.25, -0.2) is 0 Å². The molecule has 4 nitrogen and oxygen atoms in total. The van der Waals surface area contributed by atoms with E-state index in [1.165, 1.54) is 0 Å². The first-order chi connectivity index (χ1) is 10.7. The van der Waals surface area contributed by atoms with Crippen LogP contribution in [0.1, 0.15) is 12.8 Å². The second kappa shape index (κ2) is 4.91. The Balaban J connectivity index is 1.97. The van der Waals surface area contributed by atoms with Crippen molar-refractivity contribution >= 4 is 22.6 Å². The van der Waals surface area contributed by atoms with E-state index >= 15 is 0 Å². The highest BCUT2D eigenvalue weighted by Crippen LogP contribution is 2.39. The summed E-state index contributed by atoms with van der Waals surface area (Å²) in [5.74, 6) is 1.25. The van der Waals surface area contributed by atoms with E-state index in [0.29, 0.717) is 6.42 Å². The van der Waals surface area contributed by atoms with E-state index in [-0.39, 0.29) is 11.7 Å². The van der Waals surface area contributed by atoms with Crippen LogP contribution in [0.2, 0.25) is 0 Å². The number of phenolic OH excluding ortho intramolecular Hbond substituents is 1. The number of phenols is 1. The Bertz CT molecular complexity index is 849. The number of nitrogens with one attached hydrogen (secondary N) is 1. The number of amides is 1. The number of nitrogens with zero attached hydrogens (tertiary/aromatic N) is 1. The summed E-state index contributed by atoms with van der Waals surface area (Å²) < 4.78 is 0. The number of aromatic nitrogens is 1. The first kappa shape index (κ1) is 13.0. The molecule has 2 heterocycles. The molecule has 0 spiro atoms. The van der Waals surface area contributed by atoms with Gasteiger partial charge in [0.2, 0.25) is 5.91 Å². The third-order valence-electron chi connectivity index (χ3n) is 4.19. The first-order valence-corrected chi connectivity index (χ1v) is 7.44. The van der Waals surface area contributed by atoms with Gasteiger partial charge in [-0.15, -0.1) is 0 Å². The summed E-state index contributed by atoms with van der Waals surface area (Å²) in [6.07, 6.45) is 1.49. The summed E-state index contributed by atoms with van der Waals surface area (Å²) in [7, 11) is 0. The number of para-hydroxylation sites is 1. The molecule has 0 atom stereocenters. The van der Waals surface area contributed by atoms with Crippen LogP contribution in [-0.2, 0) is 4.79 Å². The quantitative estimate of drug-likeness (QED) is 0.757. The van der Waals surface area contributed by atoms with Crippen molar-refractivity contribution in [3.05, 3.63) is 48.5 Å². The van der Waals surface area contributed by atoms with E-state index < -0.39 is 0 Å². The van der Waals surface area contributed by atoms with Gasteiger partial charge in [0.05, 0.1) is 0 Å². The maximum Gasteiger partial charge on any atom is 0.228 e. The molecule has 1 fully saturated rings. The van der Waals surface area contributed by atoms with Gasteiger partial charge >= 0.3 is 0 Å². The molecule has 1 aliphatic rings. The van der Waals surface area contributed by atoms with Gasteiger partial charge in [0, 0.05) is 29.4 Å². The molecule has 1 saturated heterocycles. The smallest absolute Gasteiger partial charge is 0.228 e. The Morgan fingerprint density at radius 3 is 2.55 bits per heavy atom. The van der Waals surface area contributed by atoms with Crippen molar-refractivity contribution in [1.82, 2.24) is 4.98 Å². The molecule has 2 aromatic carbocycles. The minimum atomic E-state index is 0.159. The van der Waals surface area contributed by atoms with Crippen molar-refractivity contribution in [3.8, 4) is 16.9 Å². The maximum atomic E-state index is 12.2. The number of H-pyrrole nitrogens is 1. The lowest BCUT2D eigenvalue weighted by Crippen LogP contribution is -2.24. The minimum absolute atomic E-state index is 0.159. The number of rotatable bonds is 2. The van der Waals surface area contributed by atoms with Crippen LogP contribution in [0.3, 0.4) is 0 Å². The van der Waals surface area contributed by atoms with Gasteiger partial charge in [-0.1, -0.05) is 30.3 Å². The average Bonchev–Trinajstić information content (AvgIpc) is 3.11. The number of aromatic amines is 1. The lowest BCUT2D eigenvalue weighted by Gasteiger charge is -2.16. The fraction of sp³-hybridized carbons (Fsp3) is 0.167. The van der Waals surface area contributed by atoms with Crippen molar-refractivity contribution in [2.45, 2.75) is 12.8 Å². The molecule has 0 aliphatic carbocycles. The van der Waals surface area contributed by atoms with E-state index in [4.69, 9.17) is 0 Å². The van der Waals surface area contributed by atoms with Crippen molar-refractivity contribution in [2.75, 3.05) is 11.4 Å². The number of aromatic hydroxyl groups is 1. The second-order valence-corrected chi connectivity index (χ2v) is 5.59. The third-order valence-corrected chi connectivity index (χ3v) is 4.19. The van der Waals surface area contributed by atoms with Crippen LogP contribution >= 0.6 is 0 Å². The van der Waals surface area contributed by atoms with Crippen LogP contribution in [-0.4, -0.2) is 22.5 Å². The monoisotopic (exact) mass is 292 g/mol. The molecule has 0 saturated carbocycles. The van der Waals surface area contributed by atoms with Crippen LogP contribution in [0, 0.1) is 0 Å². The lowest BCUT2D eigenvalue weighted by molar-refractivity contribution is -0.117. The van der Waals surface area contributed by atoms with E-state index in [1.807, 2.05) is 35.2 Å². The number of carbonyl (C=O) groups is 1. The molecule has 2 N–H and O–H groups in total. The Morgan fingerprint density at radius 2 is 1.82 bits per heavy atom. The van der Waals surface area contributed by atoms with Crippen LogP contribution in [0.25, 0.3) is 22.0 Å². The zero-order valence-electron chi connectivity index (χ0n) is 12.0. The molecule has 4 heteroatoms. The van der Waals surface area contributed by atoms with Gasteiger partial charge in [0.25, 0.3) is 0 Å². The molecule has 3 aromatic rings. The number of carbonyl (C=O) groups excluding carboxylic acids is 1. The molecule has 22 heavy (non-hydrogen) atoms. The summed E-state index contributed by atoms with van der Waals surface area (Å²) in [4.78, 5) is 17.4. The van der Waals surface area contributed by atoms with E-state index in [1.54, 1.807) is 12.1 Å². The predicted octanol–water partition coefficient (Wildman–Crippen LogP) is 3.67. The largest absolute Gasteiger partial charge is 0.508 e. The standard InChI is InChI=1S/C18H16N2O2/c21-13-9-7-12(8-10-13)17-14-4-1-2-5-15(14)19-18(17)20-11-3-6-16(20)22/h1-2,4-5,7-10,19,21H,3,6,11H2. The summed E-state index contributed by atoms with van der Waals surface area (Å²) in [5, 5.41) is 10.6. The topological polar surface area (TPSA) is 56.3 Å². The zero-order chi connectivity index (χ0) is 15.1. The molecule has 4 rings (SSSR count). The predicted molar refractivity (Wildman–Crippen MR) is 87.0 cm³/mol. The molecule has 1 amide bonds. The zero-order valence-corrected chi connectivity index (χ0v) is 12.0. The second-order valence-electron chi connectivity index (χ2n) is 5.59. The fourth-order valence-corrected chi connectivity index (χ4v) is 3.14. The van der Waals surface area contributed by atoms with Gasteiger partial charge in [0.1, 0.15) is 11.6 Å².